The maximum absolute atomic E-state index is 12.6. The van der Waals surface area contributed by atoms with E-state index in [4.69, 9.17) is 0 Å². The number of nitrogens with zero attached hydrogens (tertiary/aromatic N) is 2. The Morgan fingerprint density at radius 3 is 2.70 bits per heavy atom. The van der Waals surface area contributed by atoms with E-state index in [1.807, 2.05) is 24.3 Å². The van der Waals surface area contributed by atoms with E-state index in [1.54, 1.807) is 4.90 Å². The summed E-state index contributed by atoms with van der Waals surface area (Å²) in [5.74, 6) is -0.477. The molecule has 2 aliphatic rings. The van der Waals surface area contributed by atoms with Crippen LogP contribution < -0.4 is 10.7 Å². The molecule has 0 spiro atoms. The first-order valence-corrected chi connectivity index (χ1v) is 7.76. The normalized spacial score (nSPS) is 20.6. The van der Waals surface area contributed by atoms with Crippen LogP contribution in [0.3, 0.4) is 0 Å². The Hall–Kier alpha value is -2.57. The van der Waals surface area contributed by atoms with Gasteiger partial charge in [-0.15, -0.1) is 0 Å². The highest BCUT2D eigenvalue weighted by Crippen LogP contribution is 2.23. The zero-order valence-corrected chi connectivity index (χ0v) is 13.0. The third kappa shape index (κ3) is 3.13. The van der Waals surface area contributed by atoms with Crippen LogP contribution in [0.4, 0.5) is 4.79 Å². The van der Waals surface area contributed by atoms with Crippen LogP contribution in [-0.2, 0) is 22.6 Å². The molecule has 1 aromatic carbocycles. The molecule has 2 N–H and O–H groups in total. The zero-order chi connectivity index (χ0) is 16.4. The number of hydrogen-bond donors (Lipinski definition) is 2. The van der Waals surface area contributed by atoms with Crippen LogP contribution >= 0.6 is 0 Å². The summed E-state index contributed by atoms with van der Waals surface area (Å²) in [7, 11) is 0. The minimum atomic E-state index is -0.600. The van der Waals surface area contributed by atoms with Gasteiger partial charge >= 0.3 is 6.03 Å². The topological polar surface area (TPSA) is 81.8 Å². The molecule has 7 heteroatoms. The van der Waals surface area contributed by atoms with E-state index >= 15 is 0 Å². The lowest BCUT2D eigenvalue weighted by Gasteiger charge is -2.37. The fourth-order valence-corrected chi connectivity index (χ4v) is 3.03. The number of carbonyl (C=O) groups excluding carboxylic acids is 3. The van der Waals surface area contributed by atoms with Gasteiger partial charge in [-0.3, -0.25) is 15.0 Å². The van der Waals surface area contributed by atoms with Gasteiger partial charge in [0.1, 0.15) is 6.04 Å². The van der Waals surface area contributed by atoms with Gasteiger partial charge in [0.15, 0.2) is 0 Å². The number of urea groups is 1. The molecule has 1 saturated heterocycles. The Morgan fingerprint density at radius 2 is 2.00 bits per heavy atom. The van der Waals surface area contributed by atoms with Crippen molar-refractivity contribution in [1.29, 1.82) is 0 Å². The van der Waals surface area contributed by atoms with E-state index in [2.05, 4.69) is 10.7 Å². The number of rotatable bonds is 2. The van der Waals surface area contributed by atoms with Crippen molar-refractivity contribution in [2.75, 3.05) is 13.1 Å². The predicted octanol–water partition coefficient (Wildman–Crippen LogP) is 0.406. The van der Waals surface area contributed by atoms with Gasteiger partial charge in [-0.1, -0.05) is 24.3 Å². The van der Waals surface area contributed by atoms with Gasteiger partial charge in [-0.25, -0.2) is 9.80 Å². The first kappa shape index (κ1) is 15.3. The van der Waals surface area contributed by atoms with Crippen LogP contribution in [0.1, 0.15) is 24.5 Å². The van der Waals surface area contributed by atoms with Crippen molar-refractivity contribution < 1.29 is 14.4 Å². The maximum Gasteiger partial charge on any atom is 0.336 e. The highest BCUT2D eigenvalue weighted by Gasteiger charge is 2.34. The average Bonchev–Trinajstić information content (AvgIpc) is 2.55. The fraction of sp³-hybridized carbons (Fsp3) is 0.438. The summed E-state index contributed by atoms with van der Waals surface area (Å²) >= 11 is 0. The maximum atomic E-state index is 12.6. The van der Waals surface area contributed by atoms with Crippen molar-refractivity contribution in [1.82, 2.24) is 20.7 Å². The van der Waals surface area contributed by atoms with Crippen molar-refractivity contribution in [3.63, 3.8) is 0 Å². The Morgan fingerprint density at radius 1 is 1.26 bits per heavy atom. The van der Waals surface area contributed by atoms with Crippen molar-refractivity contribution in [2.24, 2.45) is 0 Å². The number of nitrogens with one attached hydrogen (secondary N) is 2. The van der Waals surface area contributed by atoms with Gasteiger partial charge in [-0.05, 0) is 17.5 Å². The molecule has 23 heavy (non-hydrogen) atoms. The van der Waals surface area contributed by atoms with Crippen molar-refractivity contribution in [2.45, 2.75) is 32.4 Å². The minimum absolute atomic E-state index is 0.150. The van der Waals surface area contributed by atoms with E-state index in [9.17, 15) is 14.4 Å². The van der Waals surface area contributed by atoms with Gasteiger partial charge in [0, 0.05) is 33.0 Å². The molecule has 0 saturated carbocycles. The summed E-state index contributed by atoms with van der Waals surface area (Å²) in [4.78, 5) is 37.8. The molecule has 3 rings (SSSR count). The van der Waals surface area contributed by atoms with Gasteiger partial charge in [-0.2, -0.15) is 0 Å². The summed E-state index contributed by atoms with van der Waals surface area (Å²) in [5, 5.41) is 3.96. The smallest absolute Gasteiger partial charge is 0.336 e. The summed E-state index contributed by atoms with van der Waals surface area (Å²) in [6.07, 6.45) is 1.23. The number of hydrogen-bond acceptors (Lipinski definition) is 3. The number of hydrazine groups is 1. The van der Waals surface area contributed by atoms with Crippen LogP contribution in [0.15, 0.2) is 24.3 Å². The van der Waals surface area contributed by atoms with E-state index in [-0.39, 0.29) is 17.8 Å². The van der Waals surface area contributed by atoms with Gasteiger partial charge in [0.05, 0.1) is 0 Å². The van der Waals surface area contributed by atoms with Crippen LogP contribution in [0.25, 0.3) is 0 Å². The van der Waals surface area contributed by atoms with Crippen LogP contribution in [0, 0.1) is 0 Å². The Kier molecular flexibility index (Phi) is 4.18. The molecule has 1 atom stereocenters. The monoisotopic (exact) mass is 316 g/mol. The number of carbonyl (C=O) groups is 3. The third-order valence-electron chi connectivity index (χ3n) is 4.28. The number of fused-ring (bicyclic) bond motifs is 1. The van der Waals surface area contributed by atoms with E-state index in [0.717, 1.165) is 17.5 Å². The lowest BCUT2D eigenvalue weighted by atomic mass is 9.93. The molecule has 1 unspecified atom stereocenters. The Balaban J connectivity index is 1.77. The summed E-state index contributed by atoms with van der Waals surface area (Å²) in [6, 6.07) is 6.88. The van der Waals surface area contributed by atoms with Crippen molar-refractivity contribution in [3.05, 3.63) is 35.4 Å². The molecule has 7 nitrogen and oxygen atoms in total. The van der Waals surface area contributed by atoms with E-state index in [0.29, 0.717) is 26.1 Å². The lowest BCUT2D eigenvalue weighted by molar-refractivity contribution is -0.142. The second-order valence-electron chi connectivity index (χ2n) is 5.85. The van der Waals surface area contributed by atoms with Gasteiger partial charge < -0.3 is 10.2 Å². The number of benzene rings is 1. The van der Waals surface area contributed by atoms with Crippen molar-refractivity contribution in [3.8, 4) is 0 Å². The summed E-state index contributed by atoms with van der Waals surface area (Å²) in [5.41, 5.74) is 4.76. The number of amides is 4. The molecular formula is C16H20N4O3. The fourth-order valence-electron chi connectivity index (χ4n) is 3.03. The molecule has 0 aliphatic carbocycles. The quantitative estimate of drug-likeness (QED) is 0.829. The molecular weight excluding hydrogens is 296 g/mol. The first-order valence-electron chi connectivity index (χ1n) is 7.76. The minimum Gasteiger partial charge on any atom is -0.336 e. The van der Waals surface area contributed by atoms with Crippen molar-refractivity contribution >= 4 is 17.8 Å². The van der Waals surface area contributed by atoms with E-state index in [1.165, 1.54) is 11.9 Å². The van der Waals surface area contributed by atoms with Crippen LogP contribution in [-0.4, -0.2) is 46.9 Å². The molecule has 2 heterocycles. The molecule has 0 radical (unpaired) electrons. The van der Waals surface area contributed by atoms with Gasteiger partial charge in [0.2, 0.25) is 5.91 Å². The Labute approximate surface area is 134 Å². The van der Waals surface area contributed by atoms with Crippen LogP contribution in [0.5, 0.6) is 0 Å². The average molecular weight is 316 g/mol. The lowest BCUT2D eigenvalue weighted by Crippen LogP contribution is -2.60. The van der Waals surface area contributed by atoms with Crippen LogP contribution in [0.2, 0.25) is 0 Å². The first-order chi connectivity index (χ1) is 11.1. The highest BCUT2D eigenvalue weighted by molar-refractivity contribution is 5.89. The molecule has 122 valence electrons. The summed E-state index contributed by atoms with van der Waals surface area (Å²) in [6.45, 7) is 2.96. The summed E-state index contributed by atoms with van der Waals surface area (Å²) < 4.78 is 0. The molecule has 1 aromatic rings. The van der Waals surface area contributed by atoms with Gasteiger partial charge in [0.25, 0.3) is 5.91 Å². The molecule has 4 amide bonds. The Bertz CT molecular complexity index is 646. The molecule has 2 aliphatic heterocycles. The second kappa shape index (κ2) is 6.28. The zero-order valence-electron chi connectivity index (χ0n) is 13.0. The standard InChI is InChI=1S/C16H20N4O3/c1-11(21)19-10-13-6-3-2-5-12(13)9-14(19)15(22)18-20-8-4-7-17-16(20)23/h2-3,5-6,14H,4,7-10H2,1H3,(H,17,23)(H,18,22). The highest BCUT2D eigenvalue weighted by atomic mass is 16.2. The molecule has 1 fully saturated rings. The SMILES string of the molecule is CC(=O)N1Cc2ccccc2CC1C(=O)NN1CCCNC1=O. The predicted molar refractivity (Wildman–Crippen MR) is 83.0 cm³/mol. The third-order valence-corrected chi connectivity index (χ3v) is 4.28. The second-order valence-corrected chi connectivity index (χ2v) is 5.85. The largest absolute Gasteiger partial charge is 0.336 e. The van der Waals surface area contributed by atoms with E-state index < -0.39 is 6.04 Å². The molecule has 0 bridgehead atoms. The molecule has 0 aromatic heterocycles.